The third-order valence-electron chi connectivity index (χ3n) is 4.70. The molecule has 0 saturated heterocycles. The summed E-state index contributed by atoms with van der Waals surface area (Å²) in [5, 5.41) is 0. The summed E-state index contributed by atoms with van der Waals surface area (Å²) >= 11 is 0. The number of hydrogen-bond donors (Lipinski definition) is 0. The van der Waals surface area contributed by atoms with Gasteiger partial charge in [0.2, 0.25) is 0 Å². The molecule has 0 heterocycles. The number of rotatable bonds is 8. The van der Waals surface area contributed by atoms with E-state index in [0.29, 0.717) is 11.8 Å². The highest BCUT2D eigenvalue weighted by molar-refractivity contribution is 5.22. The molecule has 0 aliphatic carbocycles. The molecule has 0 aliphatic rings. The Kier molecular flexibility index (Phi) is 7.32. The van der Waals surface area contributed by atoms with E-state index in [0.717, 1.165) is 13.1 Å². The Bertz CT molecular complexity index is 625. The van der Waals surface area contributed by atoms with Crippen LogP contribution in [0.2, 0.25) is 0 Å². The average molecular weight is 351 g/mol. The van der Waals surface area contributed by atoms with Crippen molar-refractivity contribution in [1.29, 1.82) is 0 Å². The van der Waals surface area contributed by atoms with Crippen molar-refractivity contribution >= 4 is 0 Å². The van der Waals surface area contributed by atoms with Gasteiger partial charge >= 0.3 is 0 Å². The zero-order chi connectivity index (χ0) is 19.1. The van der Waals surface area contributed by atoms with Gasteiger partial charge in [0, 0.05) is 38.6 Å². The van der Waals surface area contributed by atoms with Crippen molar-refractivity contribution in [2.75, 3.05) is 14.1 Å². The van der Waals surface area contributed by atoms with E-state index in [1.165, 1.54) is 22.5 Å². The molecule has 0 radical (unpaired) electrons. The van der Waals surface area contributed by atoms with Gasteiger partial charge in [0.25, 0.3) is 0 Å². The summed E-state index contributed by atoms with van der Waals surface area (Å²) in [6, 6.07) is 21.5. The van der Waals surface area contributed by atoms with Crippen LogP contribution in [-0.2, 0) is 13.1 Å². The van der Waals surface area contributed by atoms with E-state index in [9.17, 15) is 0 Å². The zero-order valence-electron chi connectivity index (χ0n) is 17.2. The lowest BCUT2D eigenvalue weighted by atomic mass is 9.98. The molecule has 2 nitrogen and oxygen atoms in total. The topological polar surface area (TPSA) is 6.48 Å². The molecule has 26 heavy (non-hydrogen) atoms. The Balaban J connectivity index is 2.33. The second-order valence-electron chi connectivity index (χ2n) is 7.76. The zero-order valence-corrected chi connectivity index (χ0v) is 17.2. The fraction of sp³-hybridized carbons (Fsp3) is 0.417. The highest BCUT2D eigenvalue weighted by Crippen LogP contribution is 2.28. The lowest BCUT2D eigenvalue weighted by molar-refractivity contribution is 0.297. The van der Waals surface area contributed by atoms with E-state index in [1.807, 2.05) is 0 Å². The van der Waals surface area contributed by atoms with Crippen LogP contribution in [0.25, 0.3) is 0 Å². The largest absolute Gasteiger partial charge is 0.372 e. The van der Waals surface area contributed by atoms with Crippen molar-refractivity contribution in [2.24, 2.45) is 11.8 Å². The van der Waals surface area contributed by atoms with Crippen LogP contribution in [0.15, 0.2) is 72.1 Å². The Morgan fingerprint density at radius 3 is 1.19 bits per heavy atom. The number of benzene rings is 2. The molecular weight excluding hydrogens is 316 g/mol. The van der Waals surface area contributed by atoms with Gasteiger partial charge in [-0.05, 0) is 23.0 Å². The van der Waals surface area contributed by atoms with Crippen LogP contribution in [0.4, 0.5) is 0 Å². The average Bonchev–Trinajstić information content (AvgIpc) is 2.60. The maximum atomic E-state index is 2.43. The first-order chi connectivity index (χ1) is 12.4. The van der Waals surface area contributed by atoms with Gasteiger partial charge in [0.1, 0.15) is 0 Å². The van der Waals surface area contributed by atoms with E-state index in [2.05, 4.69) is 112 Å². The molecule has 2 heteroatoms. The fourth-order valence-corrected chi connectivity index (χ4v) is 3.75. The van der Waals surface area contributed by atoms with E-state index in [4.69, 9.17) is 0 Å². The Hall–Kier alpha value is -2.22. The SMILES string of the molecule is CC(C)/C(=C(/C(C)C)N(C)Cc1ccccc1)N(C)Cc1ccccc1. The predicted octanol–water partition coefficient (Wildman–Crippen LogP) is 5.77. The summed E-state index contributed by atoms with van der Waals surface area (Å²) in [5.41, 5.74) is 5.56. The molecule has 2 rings (SSSR count). The van der Waals surface area contributed by atoms with Gasteiger partial charge in [-0.1, -0.05) is 88.4 Å². The van der Waals surface area contributed by atoms with Gasteiger partial charge < -0.3 is 9.80 Å². The summed E-state index contributed by atoms with van der Waals surface area (Å²) in [6.07, 6.45) is 0. The number of nitrogens with zero attached hydrogens (tertiary/aromatic N) is 2. The Labute approximate surface area is 160 Å². The molecule has 0 N–H and O–H groups in total. The molecule has 140 valence electrons. The molecule has 0 saturated carbocycles. The highest BCUT2D eigenvalue weighted by Gasteiger charge is 2.21. The lowest BCUT2D eigenvalue weighted by Crippen LogP contribution is -2.30. The van der Waals surface area contributed by atoms with Crippen LogP contribution in [-0.4, -0.2) is 23.9 Å². The summed E-state index contributed by atoms with van der Waals surface area (Å²) < 4.78 is 0. The van der Waals surface area contributed by atoms with Crippen molar-refractivity contribution in [3.63, 3.8) is 0 Å². The van der Waals surface area contributed by atoms with Crippen molar-refractivity contribution in [1.82, 2.24) is 9.80 Å². The normalized spacial score (nSPS) is 12.3. The molecule has 0 fully saturated rings. The van der Waals surface area contributed by atoms with Gasteiger partial charge in [0.05, 0.1) is 0 Å². The van der Waals surface area contributed by atoms with E-state index < -0.39 is 0 Å². The van der Waals surface area contributed by atoms with Crippen LogP contribution in [0.5, 0.6) is 0 Å². The Morgan fingerprint density at radius 1 is 0.615 bits per heavy atom. The number of allylic oxidation sites excluding steroid dienone is 2. The van der Waals surface area contributed by atoms with Crippen LogP contribution < -0.4 is 0 Å². The summed E-state index contributed by atoms with van der Waals surface area (Å²) in [4.78, 5) is 4.85. The van der Waals surface area contributed by atoms with E-state index in [1.54, 1.807) is 0 Å². The molecule has 0 atom stereocenters. The maximum absolute atomic E-state index is 2.43. The Morgan fingerprint density at radius 2 is 0.923 bits per heavy atom. The number of hydrogen-bond acceptors (Lipinski definition) is 2. The molecule has 0 aliphatic heterocycles. The second-order valence-corrected chi connectivity index (χ2v) is 7.76. The van der Waals surface area contributed by atoms with Crippen molar-refractivity contribution in [3.8, 4) is 0 Å². The standard InChI is InChI=1S/C24H34N2/c1-19(2)23(25(5)17-21-13-9-7-10-14-21)24(20(3)4)26(6)18-22-15-11-8-12-16-22/h7-16,19-20H,17-18H2,1-6H3/b24-23+. The minimum Gasteiger partial charge on any atom is -0.372 e. The van der Waals surface area contributed by atoms with Crippen molar-refractivity contribution in [3.05, 3.63) is 83.2 Å². The summed E-state index contributed by atoms with van der Waals surface area (Å²) in [5.74, 6) is 0.943. The van der Waals surface area contributed by atoms with E-state index >= 15 is 0 Å². The van der Waals surface area contributed by atoms with Crippen LogP contribution in [0.1, 0.15) is 38.8 Å². The molecule has 0 amide bonds. The van der Waals surface area contributed by atoms with Crippen molar-refractivity contribution in [2.45, 2.75) is 40.8 Å². The third-order valence-corrected chi connectivity index (χ3v) is 4.70. The molecule has 0 aromatic heterocycles. The first-order valence-corrected chi connectivity index (χ1v) is 9.64. The molecule has 0 bridgehead atoms. The van der Waals surface area contributed by atoms with Gasteiger partial charge in [-0.15, -0.1) is 0 Å². The predicted molar refractivity (Wildman–Crippen MR) is 113 cm³/mol. The fourth-order valence-electron chi connectivity index (χ4n) is 3.75. The molecular formula is C24H34N2. The van der Waals surface area contributed by atoms with E-state index in [-0.39, 0.29) is 0 Å². The molecule has 0 unspecified atom stereocenters. The van der Waals surface area contributed by atoms with Gasteiger partial charge in [0.15, 0.2) is 0 Å². The summed E-state index contributed by atoms with van der Waals surface area (Å²) in [7, 11) is 4.45. The first kappa shape index (κ1) is 20.1. The lowest BCUT2D eigenvalue weighted by Gasteiger charge is -2.35. The van der Waals surface area contributed by atoms with Gasteiger partial charge in [-0.25, -0.2) is 0 Å². The molecule has 2 aromatic carbocycles. The minimum atomic E-state index is 0.472. The van der Waals surface area contributed by atoms with Crippen LogP contribution in [0.3, 0.4) is 0 Å². The van der Waals surface area contributed by atoms with Gasteiger partial charge in [-0.3, -0.25) is 0 Å². The van der Waals surface area contributed by atoms with Gasteiger partial charge in [-0.2, -0.15) is 0 Å². The third kappa shape index (κ3) is 5.39. The first-order valence-electron chi connectivity index (χ1n) is 9.64. The maximum Gasteiger partial charge on any atom is 0.0423 e. The summed E-state index contributed by atoms with van der Waals surface area (Å²) in [6.45, 7) is 11.1. The van der Waals surface area contributed by atoms with Crippen LogP contribution in [0, 0.1) is 11.8 Å². The monoisotopic (exact) mass is 350 g/mol. The molecule has 2 aromatic rings. The second kappa shape index (κ2) is 9.47. The molecule has 0 spiro atoms. The quantitative estimate of drug-likeness (QED) is 0.596. The smallest absolute Gasteiger partial charge is 0.0423 e. The van der Waals surface area contributed by atoms with Crippen molar-refractivity contribution < 1.29 is 0 Å². The highest BCUT2D eigenvalue weighted by atomic mass is 15.2. The minimum absolute atomic E-state index is 0.472. The van der Waals surface area contributed by atoms with Crippen LogP contribution >= 0.6 is 0 Å².